The van der Waals surface area contributed by atoms with Gasteiger partial charge >= 0.3 is 5.97 Å². The summed E-state index contributed by atoms with van der Waals surface area (Å²) in [5.41, 5.74) is 1.07. The normalized spacial score (nSPS) is 11.8. The van der Waals surface area contributed by atoms with Crippen molar-refractivity contribution in [3.63, 3.8) is 0 Å². The Balaban J connectivity index is 2.16. The molecule has 1 aromatic carbocycles. The fraction of sp³-hybridized carbons (Fsp3) is 0.250. The third kappa shape index (κ3) is 3.31. The number of carbonyl (C=O) groups is 2. The van der Waals surface area contributed by atoms with Crippen LogP contribution in [0.5, 0.6) is 0 Å². The molecule has 0 saturated carbocycles. The highest BCUT2D eigenvalue weighted by molar-refractivity contribution is 7.15. The van der Waals surface area contributed by atoms with Crippen molar-refractivity contribution < 1.29 is 14.3 Å². The summed E-state index contributed by atoms with van der Waals surface area (Å²) in [5, 5.41) is 0. The molecule has 0 aliphatic rings. The molecule has 0 unspecified atom stereocenters. The molecule has 0 aliphatic heterocycles. The van der Waals surface area contributed by atoms with Crippen LogP contribution >= 0.6 is 11.3 Å². The minimum Gasteiger partial charge on any atom is -0.465 e. The lowest BCUT2D eigenvalue weighted by Crippen LogP contribution is -2.29. The van der Waals surface area contributed by atoms with Crippen LogP contribution in [0.4, 0.5) is 0 Å². The van der Waals surface area contributed by atoms with E-state index in [1.165, 1.54) is 7.11 Å². The highest BCUT2D eigenvalue weighted by Gasteiger charge is 2.21. The highest BCUT2D eigenvalue weighted by atomic mass is 32.1. The van der Waals surface area contributed by atoms with Crippen LogP contribution in [0.1, 0.15) is 37.9 Å². The molecule has 0 N–H and O–H groups in total. The van der Waals surface area contributed by atoms with Crippen molar-refractivity contribution in [3.8, 4) is 0 Å². The predicted molar refractivity (Wildman–Crippen MR) is 82.6 cm³/mol. The van der Waals surface area contributed by atoms with Crippen LogP contribution < -0.4 is 0 Å². The van der Waals surface area contributed by atoms with Crippen LogP contribution in [-0.2, 0) is 4.74 Å². The molecule has 21 heavy (non-hydrogen) atoms. The Labute approximate surface area is 128 Å². The SMILES string of the molecule is COC(=O)c1ccc(C(=O)N(C)[C@@H](C)c2ccccc2)s1. The smallest absolute Gasteiger partial charge is 0.348 e. The van der Waals surface area contributed by atoms with E-state index in [4.69, 9.17) is 0 Å². The van der Waals surface area contributed by atoms with Crippen LogP contribution in [0.2, 0.25) is 0 Å². The van der Waals surface area contributed by atoms with Gasteiger partial charge in [0.2, 0.25) is 0 Å². The molecule has 110 valence electrons. The lowest BCUT2D eigenvalue weighted by Gasteiger charge is -2.24. The minimum atomic E-state index is -0.419. The van der Waals surface area contributed by atoms with Crippen molar-refractivity contribution in [1.82, 2.24) is 4.90 Å². The van der Waals surface area contributed by atoms with Crippen molar-refractivity contribution in [2.45, 2.75) is 13.0 Å². The monoisotopic (exact) mass is 303 g/mol. The highest BCUT2D eigenvalue weighted by Crippen LogP contribution is 2.24. The second kappa shape index (κ2) is 6.54. The summed E-state index contributed by atoms with van der Waals surface area (Å²) in [7, 11) is 3.09. The average molecular weight is 303 g/mol. The summed E-state index contributed by atoms with van der Waals surface area (Å²) in [6.07, 6.45) is 0. The summed E-state index contributed by atoms with van der Waals surface area (Å²) in [6, 6.07) is 13.1. The van der Waals surface area contributed by atoms with Crippen LogP contribution in [0.25, 0.3) is 0 Å². The maximum Gasteiger partial charge on any atom is 0.348 e. The van der Waals surface area contributed by atoms with Crippen molar-refractivity contribution in [3.05, 3.63) is 57.8 Å². The molecule has 1 amide bonds. The van der Waals surface area contributed by atoms with E-state index >= 15 is 0 Å². The molecule has 0 saturated heterocycles. The van der Waals surface area contributed by atoms with Gasteiger partial charge < -0.3 is 9.64 Å². The number of benzene rings is 1. The molecule has 2 aromatic rings. The van der Waals surface area contributed by atoms with Gasteiger partial charge in [-0.15, -0.1) is 11.3 Å². The fourth-order valence-electron chi connectivity index (χ4n) is 1.97. The van der Waals surface area contributed by atoms with Gasteiger partial charge in [0.25, 0.3) is 5.91 Å². The van der Waals surface area contributed by atoms with E-state index in [9.17, 15) is 9.59 Å². The lowest BCUT2D eigenvalue weighted by atomic mass is 10.1. The quantitative estimate of drug-likeness (QED) is 0.814. The molecule has 0 spiro atoms. The molecule has 1 heterocycles. The topological polar surface area (TPSA) is 46.6 Å². The van der Waals surface area contributed by atoms with Gasteiger partial charge in [0, 0.05) is 7.05 Å². The number of methoxy groups -OCH3 is 1. The van der Waals surface area contributed by atoms with Crippen LogP contribution in [-0.4, -0.2) is 30.9 Å². The maximum absolute atomic E-state index is 12.5. The first-order valence-corrected chi connectivity index (χ1v) is 7.36. The van der Waals surface area contributed by atoms with E-state index in [0.717, 1.165) is 16.9 Å². The first-order chi connectivity index (χ1) is 10.0. The van der Waals surface area contributed by atoms with Crippen molar-refractivity contribution >= 4 is 23.2 Å². The molecule has 5 heteroatoms. The zero-order chi connectivity index (χ0) is 15.4. The number of amides is 1. The average Bonchev–Trinajstić information content (AvgIpc) is 3.02. The van der Waals surface area contributed by atoms with Crippen LogP contribution in [0, 0.1) is 0 Å². The third-order valence-electron chi connectivity index (χ3n) is 3.39. The maximum atomic E-state index is 12.5. The zero-order valence-corrected chi connectivity index (χ0v) is 13.0. The lowest BCUT2D eigenvalue weighted by molar-refractivity contribution is 0.0606. The van der Waals surface area contributed by atoms with Gasteiger partial charge in [0.15, 0.2) is 0 Å². The molecule has 0 bridgehead atoms. The van der Waals surface area contributed by atoms with E-state index in [1.807, 2.05) is 37.3 Å². The molecule has 1 aromatic heterocycles. The van der Waals surface area contributed by atoms with Crippen LogP contribution in [0.3, 0.4) is 0 Å². The number of nitrogens with zero attached hydrogens (tertiary/aromatic N) is 1. The van der Waals surface area contributed by atoms with Crippen LogP contribution in [0.15, 0.2) is 42.5 Å². The zero-order valence-electron chi connectivity index (χ0n) is 12.2. The number of rotatable bonds is 4. The Hall–Kier alpha value is -2.14. The van der Waals surface area contributed by atoms with Crippen molar-refractivity contribution in [2.24, 2.45) is 0 Å². The fourth-order valence-corrected chi connectivity index (χ4v) is 2.88. The summed E-state index contributed by atoms with van der Waals surface area (Å²) in [4.78, 5) is 26.5. The largest absolute Gasteiger partial charge is 0.465 e. The van der Waals surface area contributed by atoms with Gasteiger partial charge in [-0.1, -0.05) is 30.3 Å². The Kier molecular flexibility index (Phi) is 4.75. The molecule has 4 nitrogen and oxygen atoms in total. The Morgan fingerprint density at radius 1 is 1.10 bits per heavy atom. The Morgan fingerprint density at radius 2 is 1.71 bits per heavy atom. The summed E-state index contributed by atoms with van der Waals surface area (Å²) in [5.74, 6) is -0.524. The van der Waals surface area contributed by atoms with Crippen molar-refractivity contribution in [2.75, 3.05) is 14.2 Å². The number of carbonyl (C=O) groups excluding carboxylic acids is 2. The van der Waals surface area contributed by atoms with Gasteiger partial charge in [0.05, 0.1) is 18.0 Å². The molecule has 0 aliphatic carbocycles. The molecular formula is C16H17NO3S. The first kappa shape index (κ1) is 15.3. The molecule has 1 atom stereocenters. The van der Waals surface area contributed by atoms with E-state index in [-0.39, 0.29) is 11.9 Å². The first-order valence-electron chi connectivity index (χ1n) is 6.55. The van der Waals surface area contributed by atoms with E-state index in [0.29, 0.717) is 9.75 Å². The molecule has 2 rings (SSSR count). The summed E-state index contributed by atoms with van der Waals surface area (Å²) in [6.45, 7) is 1.97. The Bertz CT molecular complexity index is 636. The number of ether oxygens (including phenoxy) is 1. The summed E-state index contributed by atoms with van der Waals surface area (Å²) < 4.78 is 4.65. The van der Waals surface area contributed by atoms with Gasteiger partial charge in [-0.25, -0.2) is 4.79 Å². The second-order valence-electron chi connectivity index (χ2n) is 4.66. The second-order valence-corrected chi connectivity index (χ2v) is 5.74. The predicted octanol–water partition coefficient (Wildman–Crippen LogP) is 3.37. The van der Waals surface area contributed by atoms with Gasteiger partial charge in [0.1, 0.15) is 4.88 Å². The van der Waals surface area contributed by atoms with E-state index in [2.05, 4.69) is 4.74 Å². The number of esters is 1. The molecular weight excluding hydrogens is 286 g/mol. The standard InChI is InChI=1S/C16H17NO3S/c1-11(12-7-5-4-6-8-12)17(2)15(18)13-9-10-14(21-13)16(19)20-3/h4-11H,1-3H3/t11-/m0/s1. The molecule has 0 radical (unpaired) electrons. The van der Waals surface area contributed by atoms with E-state index < -0.39 is 5.97 Å². The number of hydrogen-bond acceptors (Lipinski definition) is 4. The summed E-state index contributed by atoms with van der Waals surface area (Å²) >= 11 is 1.15. The van der Waals surface area contributed by atoms with Gasteiger partial charge in [-0.2, -0.15) is 0 Å². The van der Waals surface area contributed by atoms with Gasteiger partial charge in [-0.05, 0) is 24.6 Å². The number of hydrogen-bond donors (Lipinski definition) is 0. The van der Waals surface area contributed by atoms with Gasteiger partial charge in [-0.3, -0.25) is 4.79 Å². The van der Waals surface area contributed by atoms with Crippen molar-refractivity contribution in [1.29, 1.82) is 0 Å². The molecule has 0 fully saturated rings. The Morgan fingerprint density at radius 3 is 2.33 bits per heavy atom. The third-order valence-corrected chi connectivity index (χ3v) is 4.44. The van der Waals surface area contributed by atoms with E-state index in [1.54, 1.807) is 24.1 Å². The number of thiophene rings is 1. The minimum absolute atomic E-state index is 0.0395.